The van der Waals surface area contributed by atoms with Gasteiger partial charge in [0.2, 0.25) is 5.82 Å². The molecule has 0 spiro atoms. The average Bonchev–Trinajstić information content (AvgIpc) is 2.76. The average molecular weight is 367 g/mol. The fraction of sp³-hybridized carbons (Fsp3) is 0.300. The van der Waals surface area contributed by atoms with E-state index in [1.807, 2.05) is 0 Å². The first-order valence-corrected chi connectivity index (χ1v) is 6.23. The van der Waals surface area contributed by atoms with E-state index in [-0.39, 0.29) is 24.5 Å². The summed E-state index contributed by atoms with van der Waals surface area (Å²) >= 11 is 2.75. The van der Waals surface area contributed by atoms with E-state index in [0.29, 0.717) is 12.6 Å². The largest absolute Gasteiger partial charge is 0.441 e. The summed E-state index contributed by atoms with van der Waals surface area (Å²) in [6, 6.07) is 0. The van der Waals surface area contributed by atoms with E-state index in [1.165, 1.54) is 0 Å². The standard InChI is InChI=1S/C10H6BrF3N4O3/c11-5-6(15-4-16-7(5)10(12,13)14)8-17-21-9(20)18(8)2-1-3-19/h3-4H,1-2H2. The van der Waals surface area contributed by atoms with Crippen LogP contribution < -0.4 is 5.76 Å². The lowest BCUT2D eigenvalue weighted by Crippen LogP contribution is -2.17. The highest BCUT2D eigenvalue weighted by molar-refractivity contribution is 9.10. The van der Waals surface area contributed by atoms with Gasteiger partial charge < -0.3 is 4.79 Å². The van der Waals surface area contributed by atoms with Gasteiger partial charge in [-0.05, 0) is 15.9 Å². The molecule has 112 valence electrons. The maximum absolute atomic E-state index is 12.8. The minimum absolute atomic E-state index is 0.0249. The van der Waals surface area contributed by atoms with Crippen LogP contribution >= 0.6 is 15.9 Å². The molecule has 0 aliphatic carbocycles. The summed E-state index contributed by atoms with van der Waals surface area (Å²) in [5.41, 5.74) is -1.46. The number of aromatic nitrogens is 4. The molecule has 0 saturated heterocycles. The van der Waals surface area contributed by atoms with Gasteiger partial charge in [-0.1, -0.05) is 5.16 Å². The van der Waals surface area contributed by atoms with Crippen LogP contribution in [-0.2, 0) is 17.5 Å². The fourth-order valence-electron chi connectivity index (χ4n) is 1.54. The van der Waals surface area contributed by atoms with E-state index in [2.05, 4.69) is 35.6 Å². The lowest BCUT2D eigenvalue weighted by Gasteiger charge is -2.10. The van der Waals surface area contributed by atoms with Crippen molar-refractivity contribution >= 4 is 22.2 Å². The lowest BCUT2D eigenvalue weighted by atomic mass is 10.3. The molecule has 2 heterocycles. The maximum Gasteiger partial charge on any atom is 0.441 e. The van der Waals surface area contributed by atoms with Crippen molar-refractivity contribution in [1.82, 2.24) is 19.7 Å². The number of carbonyl (C=O) groups is 1. The Morgan fingerprint density at radius 2 is 2.10 bits per heavy atom. The van der Waals surface area contributed by atoms with E-state index < -0.39 is 22.1 Å². The van der Waals surface area contributed by atoms with Crippen LogP contribution in [-0.4, -0.2) is 26.0 Å². The third-order valence-corrected chi connectivity index (χ3v) is 3.18. The van der Waals surface area contributed by atoms with Crippen LogP contribution in [0.5, 0.6) is 0 Å². The lowest BCUT2D eigenvalue weighted by molar-refractivity contribution is -0.141. The Labute approximate surface area is 122 Å². The number of halogens is 4. The van der Waals surface area contributed by atoms with Crippen molar-refractivity contribution in [3.63, 3.8) is 0 Å². The number of nitrogens with zero attached hydrogens (tertiary/aromatic N) is 4. The molecule has 11 heteroatoms. The van der Waals surface area contributed by atoms with Gasteiger partial charge in [0.25, 0.3) is 0 Å². The summed E-state index contributed by atoms with van der Waals surface area (Å²) in [5, 5.41) is 3.39. The van der Waals surface area contributed by atoms with Crippen molar-refractivity contribution in [2.75, 3.05) is 0 Å². The molecule has 0 fully saturated rings. The Bertz CT molecular complexity index is 725. The number of aldehydes is 1. The van der Waals surface area contributed by atoms with Crippen molar-refractivity contribution in [2.24, 2.45) is 0 Å². The molecule has 0 radical (unpaired) electrons. The highest BCUT2D eigenvalue weighted by Gasteiger charge is 2.37. The molecule has 21 heavy (non-hydrogen) atoms. The van der Waals surface area contributed by atoms with Crippen LogP contribution in [0.3, 0.4) is 0 Å². The minimum atomic E-state index is -4.70. The molecule has 2 aromatic heterocycles. The zero-order valence-corrected chi connectivity index (χ0v) is 11.7. The molecule has 0 unspecified atom stereocenters. The number of rotatable bonds is 4. The molecule has 0 aromatic carbocycles. The monoisotopic (exact) mass is 366 g/mol. The Morgan fingerprint density at radius 1 is 1.38 bits per heavy atom. The third kappa shape index (κ3) is 3.01. The summed E-state index contributed by atoms with van der Waals surface area (Å²) in [6.45, 7) is -0.0844. The Morgan fingerprint density at radius 3 is 2.71 bits per heavy atom. The van der Waals surface area contributed by atoms with E-state index in [1.54, 1.807) is 0 Å². The SMILES string of the molecule is O=CCCn1c(-c2ncnc(C(F)(F)F)c2Br)noc1=O. The van der Waals surface area contributed by atoms with Crippen LogP contribution in [0.15, 0.2) is 20.1 Å². The second kappa shape index (κ2) is 5.76. The first kappa shape index (κ1) is 15.4. The molecule has 0 aliphatic rings. The maximum atomic E-state index is 12.8. The Kier molecular flexibility index (Phi) is 4.21. The number of hydrogen-bond donors (Lipinski definition) is 0. The first-order valence-electron chi connectivity index (χ1n) is 5.44. The normalized spacial score (nSPS) is 11.6. The number of hydrogen-bond acceptors (Lipinski definition) is 6. The van der Waals surface area contributed by atoms with Gasteiger partial charge in [-0.3, -0.25) is 9.09 Å². The van der Waals surface area contributed by atoms with Crippen LogP contribution in [0.25, 0.3) is 11.5 Å². The van der Waals surface area contributed by atoms with Gasteiger partial charge in [-0.2, -0.15) is 13.2 Å². The van der Waals surface area contributed by atoms with Gasteiger partial charge in [0.15, 0.2) is 5.69 Å². The highest BCUT2D eigenvalue weighted by atomic mass is 79.9. The summed E-state index contributed by atoms with van der Waals surface area (Å²) in [5.74, 6) is -1.12. The number of alkyl halides is 3. The molecule has 0 saturated carbocycles. The van der Waals surface area contributed by atoms with Crippen molar-refractivity contribution in [1.29, 1.82) is 0 Å². The first-order chi connectivity index (χ1) is 9.86. The van der Waals surface area contributed by atoms with Crippen LogP contribution in [0.2, 0.25) is 0 Å². The topological polar surface area (TPSA) is 90.9 Å². The third-order valence-electron chi connectivity index (χ3n) is 2.43. The molecular weight excluding hydrogens is 361 g/mol. The molecular formula is C10H6BrF3N4O3. The van der Waals surface area contributed by atoms with Crippen molar-refractivity contribution in [2.45, 2.75) is 19.1 Å². The summed E-state index contributed by atoms with van der Waals surface area (Å²) in [6.07, 6.45) is -3.47. The van der Waals surface area contributed by atoms with Crippen molar-refractivity contribution < 1.29 is 22.5 Å². The predicted molar refractivity (Wildman–Crippen MR) is 65.2 cm³/mol. The van der Waals surface area contributed by atoms with Gasteiger partial charge in [0, 0.05) is 13.0 Å². The van der Waals surface area contributed by atoms with Gasteiger partial charge in [-0.25, -0.2) is 14.8 Å². The van der Waals surface area contributed by atoms with Gasteiger partial charge in [-0.15, -0.1) is 0 Å². The molecule has 0 N–H and O–H groups in total. The van der Waals surface area contributed by atoms with E-state index in [4.69, 9.17) is 0 Å². The second-order valence-electron chi connectivity index (χ2n) is 3.76. The summed E-state index contributed by atoms with van der Waals surface area (Å²) < 4.78 is 43.2. The van der Waals surface area contributed by atoms with Crippen molar-refractivity contribution in [3.8, 4) is 11.5 Å². The second-order valence-corrected chi connectivity index (χ2v) is 4.55. The molecule has 7 nitrogen and oxygen atoms in total. The Balaban J connectivity index is 2.58. The summed E-state index contributed by atoms with van der Waals surface area (Å²) in [4.78, 5) is 28.6. The van der Waals surface area contributed by atoms with Gasteiger partial charge in [0.1, 0.15) is 18.3 Å². The molecule has 2 aromatic rings. The van der Waals surface area contributed by atoms with Crippen LogP contribution in [0, 0.1) is 0 Å². The summed E-state index contributed by atoms with van der Waals surface area (Å²) in [7, 11) is 0. The predicted octanol–water partition coefficient (Wildman–Crippen LogP) is 1.66. The Hall–Kier alpha value is -2.04. The smallest absolute Gasteiger partial charge is 0.303 e. The molecule has 0 bridgehead atoms. The molecule has 0 amide bonds. The molecule has 0 atom stereocenters. The van der Waals surface area contributed by atoms with Crippen molar-refractivity contribution in [3.05, 3.63) is 27.0 Å². The molecule has 0 aliphatic heterocycles. The van der Waals surface area contributed by atoms with Crippen LogP contribution in [0.1, 0.15) is 12.1 Å². The van der Waals surface area contributed by atoms with Gasteiger partial charge >= 0.3 is 11.9 Å². The molecule has 2 rings (SSSR count). The highest BCUT2D eigenvalue weighted by Crippen LogP contribution is 2.36. The number of carbonyl (C=O) groups excluding carboxylic acids is 1. The van der Waals surface area contributed by atoms with E-state index >= 15 is 0 Å². The minimum Gasteiger partial charge on any atom is -0.303 e. The van der Waals surface area contributed by atoms with E-state index in [9.17, 15) is 22.8 Å². The van der Waals surface area contributed by atoms with E-state index in [0.717, 1.165) is 4.57 Å². The van der Waals surface area contributed by atoms with Crippen LogP contribution in [0.4, 0.5) is 13.2 Å². The zero-order valence-electron chi connectivity index (χ0n) is 10.1. The van der Waals surface area contributed by atoms with Gasteiger partial charge in [0.05, 0.1) is 4.47 Å². The zero-order chi connectivity index (χ0) is 15.6. The fourth-order valence-corrected chi connectivity index (χ4v) is 2.15. The quantitative estimate of drug-likeness (QED) is 0.764.